The lowest BCUT2D eigenvalue weighted by atomic mass is 9.64. The Kier molecular flexibility index (Phi) is 5.81. The number of hydrogen-bond donors (Lipinski definition) is 1. The van der Waals surface area contributed by atoms with Crippen LogP contribution in [0.1, 0.15) is 39.6 Å². The molecule has 0 aromatic heterocycles. The van der Waals surface area contributed by atoms with E-state index in [1.807, 2.05) is 6.07 Å². The van der Waals surface area contributed by atoms with Gasteiger partial charge >= 0.3 is 13.1 Å². The Morgan fingerprint density at radius 3 is 2.67 bits per heavy atom. The summed E-state index contributed by atoms with van der Waals surface area (Å²) in [5.41, 5.74) is 1.52. The van der Waals surface area contributed by atoms with E-state index in [0.717, 1.165) is 5.56 Å². The number of rotatable bonds is 6. The van der Waals surface area contributed by atoms with Gasteiger partial charge in [0.05, 0.1) is 19.3 Å². The number of esters is 1. The zero-order valence-electron chi connectivity index (χ0n) is 15.3. The lowest BCUT2D eigenvalue weighted by Gasteiger charge is -2.28. The molecule has 3 rings (SSSR count). The molecular weight excluding hydrogens is 347 g/mol. The van der Waals surface area contributed by atoms with E-state index in [4.69, 9.17) is 14.1 Å². The molecule has 0 radical (unpaired) electrons. The summed E-state index contributed by atoms with van der Waals surface area (Å²) in [7, 11) is 0.324. The summed E-state index contributed by atoms with van der Waals surface area (Å²) >= 11 is 0. The number of benzene rings is 2. The van der Waals surface area contributed by atoms with Crippen LogP contribution in [0, 0.1) is 0 Å². The topological polar surface area (TPSA) is 82.1 Å². The highest BCUT2D eigenvalue weighted by Crippen LogP contribution is 2.37. The molecule has 7 heteroatoms. The van der Waals surface area contributed by atoms with Gasteiger partial charge in [-0.05, 0) is 37.1 Å². The van der Waals surface area contributed by atoms with E-state index in [-0.39, 0.29) is 24.4 Å². The number of Topliss-reactive ketones (excluding diaryl/α,β-unsaturated/α-hetero) is 1. The lowest BCUT2D eigenvalue weighted by molar-refractivity contribution is 0.0523. The van der Waals surface area contributed by atoms with Gasteiger partial charge in [0.2, 0.25) is 0 Å². The molecule has 0 fully saturated rings. The highest BCUT2D eigenvalue weighted by molar-refractivity contribution is 6.47. The minimum atomic E-state index is -1.19. The van der Waals surface area contributed by atoms with Crippen molar-refractivity contribution in [1.29, 1.82) is 0 Å². The molecule has 1 heterocycles. The molecule has 0 bridgehead atoms. The molecule has 0 amide bonds. The van der Waals surface area contributed by atoms with Gasteiger partial charge in [-0.15, -0.1) is 0 Å². The monoisotopic (exact) mass is 368 g/mol. The number of methoxy groups -OCH3 is 1. The summed E-state index contributed by atoms with van der Waals surface area (Å²) in [4.78, 5) is 24.8. The second-order valence-electron chi connectivity index (χ2n) is 6.31. The molecule has 27 heavy (non-hydrogen) atoms. The van der Waals surface area contributed by atoms with Gasteiger partial charge in [-0.2, -0.15) is 0 Å². The standard InChI is InChI=1S/C20H21BO6/c1-3-26-20(23)16-9-6-7-13-11-14(21(24)27-19(13)16)12-17(22)15-8-4-5-10-18(15)25-2/h4-10,14,24H,3,11-12H2,1-2H3/t14-/m1/s1. The first-order valence-electron chi connectivity index (χ1n) is 8.85. The summed E-state index contributed by atoms with van der Waals surface area (Å²) in [5, 5.41) is 10.4. The Bertz CT molecular complexity index is 850. The lowest BCUT2D eigenvalue weighted by Crippen LogP contribution is -2.36. The van der Waals surface area contributed by atoms with E-state index in [1.54, 1.807) is 43.3 Å². The van der Waals surface area contributed by atoms with Gasteiger partial charge < -0.3 is 19.2 Å². The first-order valence-corrected chi connectivity index (χ1v) is 8.85. The average molecular weight is 368 g/mol. The van der Waals surface area contributed by atoms with Crippen molar-refractivity contribution >= 4 is 18.9 Å². The molecular formula is C20H21BO6. The maximum absolute atomic E-state index is 12.7. The number of para-hydroxylation sites is 2. The molecule has 0 saturated carbocycles. The molecule has 0 aliphatic carbocycles. The molecule has 1 atom stereocenters. The van der Waals surface area contributed by atoms with Gasteiger partial charge in [0, 0.05) is 12.2 Å². The zero-order valence-corrected chi connectivity index (χ0v) is 15.3. The van der Waals surface area contributed by atoms with Crippen molar-refractivity contribution in [2.75, 3.05) is 13.7 Å². The molecule has 6 nitrogen and oxygen atoms in total. The van der Waals surface area contributed by atoms with Gasteiger partial charge in [-0.1, -0.05) is 24.3 Å². The summed E-state index contributed by atoms with van der Waals surface area (Å²) in [5.74, 6) is -0.231. The fourth-order valence-corrected chi connectivity index (χ4v) is 3.25. The van der Waals surface area contributed by atoms with E-state index in [2.05, 4.69) is 0 Å². The Morgan fingerprint density at radius 1 is 1.19 bits per heavy atom. The fraction of sp³-hybridized carbons (Fsp3) is 0.300. The predicted octanol–water partition coefficient (Wildman–Crippen LogP) is 2.93. The molecule has 0 unspecified atom stereocenters. The van der Waals surface area contributed by atoms with Gasteiger partial charge in [-0.3, -0.25) is 4.79 Å². The van der Waals surface area contributed by atoms with Crippen LogP contribution in [0.3, 0.4) is 0 Å². The third-order valence-corrected chi connectivity index (χ3v) is 4.57. The molecule has 0 saturated heterocycles. The summed E-state index contributed by atoms with van der Waals surface area (Å²) < 4.78 is 15.9. The summed E-state index contributed by atoms with van der Waals surface area (Å²) in [6, 6.07) is 12.2. The third-order valence-electron chi connectivity index (χ3n) is 4.57. The average Bonchev–Trinajstić information content (AvgIpc) is 2.68. The van der Waals surface area contributed by atoms with Crippen LogP contribution in [0.2, 0.25) is 5.82 Å². The quantitative estimate of drug-likeness (QED) is 0.480. The number of hydrogen-bond acceptors (Lipinski definition) is 6. The van der Waals surface area contributed by atoms with E-state index < -0.39 is 18.9 Å². The minimum absolute atomic E-state index is 0.102. The Hall–Kier alpha value is -2.80. The van der Waals surface area contributed by atoms with Crippen molar-refractivity contribution in [3.8, 4) is 11.5 Å². The van der Waals surface area contributed by atoms with E-state index in [9.17, 15) is 14.6 Å². The highest BCUT2D eigenvalue weighted by atomic mass is 16.5. The minimum Gasteiger partial charge on any atom is -0.535 e. The fourth-order valence-electron chi connectivity index (χ4n) is 3.25. The van der Waals surface area contributed by atoms with Crippen LogP contribution in [-0.4, -0.2) is 37.6 Å². The van der Waals surface area contributed by atoms with Crippen LogP contribution in [-0.2, 0) is 11.2 Å². The van der Waals surface area contributed by atoms with E-state index in [0.29, 0.717) is 23.5 Å². The van der Waals surface area contributed by atoms with Gasteiger partial charge in [0.25, 0.3) is 0 Å². The molecule has 2 aromatic carbocycles. The third kappa shape index (κ3) is 3.98. The van der Waals surface area contributed by atoms with Crippen LogP contribution >= 0.6 is 0 Å². The SMILES string of the molecule is CCOC(=O)c1cccc2c1OB(O)[C@@H](CC(=O)c1ccccc1OC)C2. The van der Waals surface area contributed by atoms with Crippen molar-refractivity contribution in [2.45, 2.75) is 25.6 Å². The Balaban J connectivity index is 1.80. The normalized spacial score (nSPS) is 15.5. The molecule has 1 N–H and O–H groups in total. The number of ketones is 1. The smallest absolute Gasteiger partial charge is 0.526 e. The maximum atomic E-state index is 12.7. The number of fused-ring (bicyclic) bond motifs is 1. The van der Waals surface area contributed by atoms with Gasteiger partial charge in [-0.25, -0.2) is 4.79 Å². The summed E-state index contributed by atoms with van der Waals surface area (Å²) in [6.07, 6.45) is 0.523. The molecule has 1 aliphatic rings. The maximum Gasteiger partial charge on any atom is 0.526 e. The van der Waals surface area contributed by atoms with Crippen LogP contribution < -0.4 is 9.39 Å². The largest absolute Gasteiger partial charge is 0.535 e. The van der Waals surface area contributed by atoms with Gasteiger partial charge in [0.1, 0.15) is 17.1 Å². The van der Waals surface area contributed by atoms with Crippen LogP contribution in [0.15, 0.2) is 42.5 Å². The Labute approximate surface area is 158 Å². The van der Waals surface area contributed by atoms with Crippen LogP contribution in [0.25, 0.3) is 0 Å². The van der Waals surface area contributed by atoms with E-state index >= 15 is 0 Å². The molecule has 1 aliphatic heterocycles. The van der Waals surface area contributed by atoms with Crippen molar-refractivity contribution in [1.82, 2.24) is 0 Å². The number of ether oxygens (including phenoxy) is 2. The second-order valence-corrected chi connectivity index (χ2v) is 6.31. The second kappa shape index (κ2) is 8.27. The van der Waals surface area contributed by atoms with Gasteiger partial charge in [0.15, 0.2) is 5.78 Å². The predicted molar refractivity (Wildman–Crippen MR) is 100 cm³/mol. The van der Waals surface area contributed by atoms with Crippen molar-refractivity contribution in [3.05, 3.63) is 59.2 Å². The number of carbonyl (C=O) groups excluding carboxylic acids is 2. The summed E-state index contributed by atoms with van der Waals surface area (Å²) in [6.45, 7) is 1.98. The van der Waals surface area contributed by atoms with Crippen LogP contribution in [0.4, 0.5) is 0 Å². The molecule has 0 spiro atoms. The highest BCUT2D eigenvalue weighted by Gasteiger charge is 2.38. The first-order chi connectivity index (χ1) is 13.0. The molecule has 140 valence electrons. The zero-order chi connectivity index (χ0) is 19.4. The van der Waals surface area contributed by atoms with Crippen molar-refractivity contribution in [2.24, 2.45) is 0 Å². The van der Waals surface area contributed by atoms with E-state index in [1.165, 1.54) is 7.11 Å². The number of carbonyl (C=O) groups is 2. The Morgan fingerprint density at radius 2 is 1.93 bits per heavy atom. The molecule has 2 aromatic rings. The van der Waals surface area contributed by atoms with Crippen molar-refractivity contribution in [3.63, 3.8) is 0 Å². The first kappa shape index (κ1) is 19.0. The van der Waals surface area contributed by atoms with Crippen LogP contribution in [0.5, 0.6) is 11.5 Å². The van der Waals surface area contributed by atoms with Crippen molar-refractivity contribution < 1.29 is 28.7 Å².